The molecule has 0 fully saturated rings. The van der Waals surface area contributed by atoms with Gasteiger partial charge in [-0.05, 0) is 35.9 Å². The number of nitriles is 1. The van der Waals surface area contributed by atoms with Crippen LogP contribution in [-0.2, 0) is 30.0 Å². The summed E-state index contributed by atoms with van der Waals surface area (Å²) >= 11 is 6.65. The Balaban J connectivity index is 1.90. The first-order valence-corrected chi connectivity index (χ1v) is 12.3. The molecule has 1 aliphatic rings. The quantitative estimate of drug-likeness (QED) is 0.366. The number of rotatable bonds is 7. The van der Waals surface area contributed by atoms with Crippen molar-refractivity contribution in [2.24, 2.45) is 5.92 Å². The van der Waals surface area contributed by atoms with E-state index in [1.807, 2.05) is 6.07 Å². The molecule has 2 aromatic rings. The monoisotopic (exact) mass is 581 g/mol. The third-order valence-corrected chi connectivity index (χ3v) is 6.94. The Bertz CT molecular complexity index is 1390. The fraction of sp³-hybridized carbons (Fsp3) is 0.240. The number of nitrogens with one attached hydrogen (secondary N) is 2. The lowest BCUT2D eigenvalue weighted by molar-refractivity contribution is -0.150. The Morgan fingerprint density at radius 2 is 1.79 bits per heavy atom. The molecule has 204 valence electrons. The number of carbonyl (C=O) groups excluding carboxylic acids is 4. The predicted octanol–water partition coefficient (Wildman–Crippen LogP) is 4.26. The van der Waals surface area contributed by atoms with Gasteiger partial charge in [-0.3, -0.25) is 14.4 Å². The molecule has 3 rings (SSSR count). The third kappa shape index (κ3) is 6.71. The number of alkyl halides is 3. The molecule has 2 amide bonds. The van der Waals surface area contributed by atoms with E-state index in [0.29, 0.717) is 11.6 Å². The van der Waals surface area contributed by atoms with Crippen molar-refractivity contribution in [2.75, 3.05) is 25.3 Å². The van der Waals surface area contributed by atoms with Gasteiger partial charge in [-0.1, -0.05) is 35.5 Å². The van der Waals surface area contributed by atoms with Gasteiger partial charge < -0.3 is 20.1 Å². The van der Waals surface area contributed by atoms with Gasteiger partial charge in [0.2, 0.25) is 11.8 Å². The smallest absolute Gasteiger partial charge is 0.416 e. The Morgan fingerprint density at radius 1 is 1.13 bits per heavy atom. The average Bonchev–Trinajstić information content (AvgIpc) is 2.91. The summed E-state index contributed by atoms with van der Waals surface area (Å²) in [7, 11) is 2.28. The van der Waals surface area contributed by atoms with Crippen molar-refractivity contribution in [3.05, 3.63) is 74.8 Å². The molecule has 0 bridgehead atoms. The molecule has 2 aromatic carbocycles. The number of esters is 2. The Morgan fingerprint density at radius 3 is 2.36 bits per heavy atom. The fourth-order valence-electron chi connectivity index (χ4n) is 3.75. The standard InChI is InChI=1S/C25H19ClF3N3O6S/c1-37-23(35)13-5-3-12(4-6-13)19-15(10-30)22(32-21(34)20(19)24(36)38-2)39-11-18(33)31-17-9-14(25(27,28)29)7-8-16(17)26/h3-9,19-20H,11H2,1-2H3,(H,31,33)(H,32,34)/t19-,20+/m1/s1. The molecule has 0 saturated carbocycles. The molecule has 0 saturated heterocycles. The van der Waals surface area contributed by atoms with E-state index in [9.17, 15) is 37.6 Å². The summed E-state index contributed by atoms with van der Waals surface area (Å²) in [5.74, 6) is -6.09. The number of hydrogen-bond donors (Lipinski definition) is 2. The number of amides is 2. The van der Waals surface area contributed by atoms with Gasteiger partial charge in [-0.2, -0.15) is 18.4 Å². The Labute approximate surface area is 229 Å². The van der Waals surface area contributed by atoms with Gasteiger partial charge in [0, 0.05) is 5.92 Å². The molecule has 0 aliphatic carbocycles. The minimum Gasteiger partial charge on any atom is -0.468 e. The second-order valence-electron chi connectivity index (χ2n) is 7.97. The van der Waals surface area contributed by atoms with Gasteiger partial charge in [0.15, 0.2) is 0 Å². The maximum Gasteiger partial charge on any atom is 0.416 e. The molecule has 39 heavy (non-hydrogen) atoms. The van der Waals surface area contributed by atoms with Crippen molar-refractivity contribution in [1.82, 2.24) is 5.32 Å². The summed E-state index contributed by atoms with van der Waals surface area (Å²) in [4.78, 5) is 49.7. The largest absolute Gasteiger partial charge is 0.468 e. The van der Waals surface area contributed by atoms with Gasteiger partial charge in [-0.15, -0.1) is 0 Å². The van der Waals surface area contributed by atoms with E-state index in [4.69, 9.17) is 16.3 Å². The van der Waals surface area contributed by atoms with Crippen molar-refractivity contribution in [3.8, 4) is 6.07 Å². The second-order valence-corrected chi connectivity index (χ2v) is 9.36. The highest BCUT2D eigenvalue weighted by Gasteiger charge is 2.44. The first-order chi connectivity index (χ1) is 18.4. The molecule has 1 aliphatic heterocycles. The number of thioether (sulfide) groups is 1. The molecule has 2 atom stereocenters. The van der Waals surface area contributed by atoms with Crippen LogP contribution >= 0.6 is 23.4 Å². The summed E-state index contributed by atoms with van der Waals surface area (Å²) in [5, 5.41) is 14.5. The third-order valence-electron chi connectivity index (χ3n) is 5.59. The molecule has 2 N–H and O–H groups in total. The van der Waals surface area contributed by atoms with E-state index in [0.717, 1.165) is 31.0 Å². The van der Waals surface area contributed by atoms with Crippen molar-refractivity contribution in [2.45, 2.75) is 12.1 Å². The van der Waals surface area contributed by atoms with E-state index in [-0.39, 0.29) is 26.9 Å². The van der Waals surface area contributed by atoms with E-state index < -0.39 is 53.1 Å². The van der Waals surface area contributed by atoms with Crippen LogP contribution in [0.3, 0.4) is 0 Å². The van der Waals surface area contributed by atoms with Gasteiger partial charge in [-0.25, -0.2) is 4.79 Å². The molecular formula is C25H19ClF3N3O6S. The molecule has 0 spiro atoms. The number of hydrogen-bond acceptors (Lipinski definition) is 8. The SMILES string of the molecule is COC(=O)c1ccc([C@@H]2C(C#N)=C(SCC(=O)Nc3cc(C(F)(F)F)ccc3Cl)NC(=O)[C@H]2C(=O)OC)cc1. The Kier molecular flexibility index (Phi) is 9.26. The lowest BCUT2D eigenvalue weighted by atomic mass is 9.78. The normalized spacial score (nSPS) is 17.1. The van der Waals surface area contributed by atoms with Gasteiger partial charge in [0.05, 0.1) is 58.5 Å². The minimum absolute atomic E-state index is 0.0324. The molecule has 0 unspecified atom stereocenters. The number of nitrogens with zero attached hydrogens (tertiary/aromatic N) is 1. The molecule has 0 aromatic heterocycles. The molecule has 14 heteroatoms. The van der Waals surface area contributed by atoms with Crippen LogP contribution < -0.4 is 10.6 Å². The van der Waals surface area contributed by atoms with Crippen LogP contribution in [-0.4, -0.2) is 43.7 Å². The summed E-state index contributed by atoms with van der Waals surface area (Å²) in [5.41, 5.74) is -0.820. The van der Waals surface area contributed by atoms with E-state index >= 15 is 0 Å². The van der Waals surface area contributed by atoms with Crippen molar-refractivity contribution in [3.63, 3.8) is 0 Å². The maximum atomic E-state index is 13.0. The number of allylic oxidation sites excluding steroid dienone is 1. The van der Waals surface area contributed by atoms with Crippen molar-refractivity contribution >= 4 is 52.8 Å². The lowest BCUT2D eigenvalue weighted by Crippen LogP contribution is -2.44. The first-order valence-electron chi connectivity index (χ1n) is 10.9. The molecule has 1 heterocycles. The zero-order valence-electron chi connectivity index (χ0n) is 20.2. The number of anilines is 1. The van der Waals surface area contributed by atoms with Crippen LogP contribution in [0.4, 0.5) is 18.9 Å². The zero-order valence-corrected chi connectivity index (χ0v) is 21.8. The summed E-state index contributed by atoms with van der Waals surface area (Å²) in [6.45, 7) is 0. The van der Waals surface area contributed by atoms with Crippen LogP contribution in [0.1, 0.15) is 27.4 Å². The molecule has 0 radical (unpaired) electrons. The maximum absolute atomic E-state index is 13.0. The summed E-state index contributed by atoms with van der Waals surface area (Å²) in [6, 6.07) is 10.1. The van der Waals surface area contributed by atoms with Gasteiger partial charge in [0.1, 0.15) is 5.92 Å². The lowest BCUT2D eigenvalue weighted by Gasteiger charge is -2.31. The highest BCUT2D eigenvalue weighted by Crippen LogP contribution is 2.40. The fourth-order valence-corrected chi connectivity index (χ4v) is 4.76. The predicted molar refractivity (Wildman–Crippen MR) is 134 cm³/mol. The van der Waals surface area contributed by atoms with Crippen LogP contribution in [0.5, 0.6) is 0 Å². The van der Waals surface area contributed by atoms with Crippen LogP contribution in [0, 0.1) is 17.2 Å². The van der Waals surface area contributed by atoms with E-state index in [1.54, 1.807) is 0 Å². The number of halogens is 4. The van der Waals surface area contributed by atoms with Gasteiger partial charge >= 0.3 is 18.1 Å². The number of carbonyl (C=O) groups is 4. The second kappa shape index (κ2) is 12.2. The Hall–Kier alpha value is -4.02. The van der Waals surface area contributed by atoms with E-state index in [2.05, 4.69) is 15.4 Å². The first kappa shape index (κ1) is 29.5. The summed E-state index contributed by atoms with van der Waals surface area (Å²) in [6.07, 6.45) is -4.65. The van der Waals surface area contributed by atoms with Gasteiger partial charge in [0.25, 0.3) is 0 Å². The van der Waals surface area contributed by atoms with E-state index in [1.165, 1.54) is 31.4 Å². The number of ether oxygens (including phenoxy) is 2. The topological polar surface area (TPSA) is 135 Å². The molecular weight excluding hydrogens is 563 g/mol. The average molecular weight is 582 g/mol. The summed E-state index contributed by atoms with van der Waals surface area (Å²) < 4.78 is 48.5. The minimum atomic E-state index is -4.65. The van der Waals surface area contributed by atoms with Crippen molar-refractivity contribution < 1.29 is 41.8 Å². The van der Waals surface area contributed by atoms with Crippen LogP contribution in [0.25, 0.3) is 0 Å². The highest BCUT2D eigenvalue weighted by molar-refractivity contribution is 8.03. The van der Waals surface area contributed by atoms with Crippen LogP contribution in [0.15, 0.2) is 53.1 Å². The molecule has 9 nitrogen and oxygen atoms in total. The van der Waals surface area contributed by atoms with Crippen LogP contribution in [0.2, 0.25) is 5.02 Å². The highest BCUT2D eigenvalue weighted by atomic mass is 35.5. The number of methoxy groups -OCH3 is 2. The number of benzene rings is 2. The zero-order chi connectivity index (χ0) is 28.9. The van der Waals surface area contributed by atoms with Crippen molar-refractivity contribution in [1.29, 1.82) is 5.26 Å².